The van der Waals surface area contributed by atoms with E-state index in [2.05, 4.69) is 65.1 Å². The summed E-state index contributed by atoms with van der Waals surface area (Å²) in [5, 5.41) is 20.1. The Labute approximate surface area is 225 Å². The van der Waals surface area contributed by atoms with Crippen molar-refractivity contribution in [2.75, 3.05) is 0 Å². The average Bonchev–Trinajstić information content (AvgIpc) is 3.50. The van der Waals surface area contributed by atoms with Crippen molar-refractivity contribution in [3.63, 3.8) is 0 Å². The standard InChI is InChI=1S/C31H37BN2O2S/c1-3-5-7-9-18-31(19-10-8-6-4-2)27-20-22(24-12-11-13-29-30(24)34-37-33-29)14-16-25(27)26-17-15-23(32(35)36)21-28(26)31/h11-17,20-21,35-36H,3-10,18-19H2,1-2H3. The molecule has 0 radical (unpaired) electrons. The van der Waals surface area contributed by atoms with E-state index in [1.54, 1.807) is 0 Å². The van der Waals surface area contributed by atoms with Crippen LogP contribution in [0, 0.1) is 0 Å². The van der Waals surface area contributed by atoms with Gasteiger partial charge in [0.05, 0.1) is 11.7 Å². The van der Waals surface area contributed by atoms with Crippen LogP contribution in [0.15, 0.2) is 54.6 Å². The first-order valence-corrected chi connectivity index (χ1v) is 14.7. The van der Waals surface area contributed by atoms with Crippen LogP contribution in [0.5, 0.6) is 0 Å². The molecule has 2 N–H and O–H groups in total. The van der Waals surface area contributed by atoms with Gasteiger partial charge in [0.1, 0.15) is 11.0 Å². The van der Waals surface area contributed by atoms with Crippen molar-refractivity contribution in [3.05, 3.63) is 65.7 Å². The molecule has 0 fully saturated rings. The molecule has 192 valence electrons. The summed E-state index contributed by atoms with van der Waals surface area (Å²) in [5.41, 5.74) is 9.85. The van der Waals surface area contributed by atoms with E-state index in [1.165, 1.54) is 90.9 Å². The third-order valence-corrected chi connectivity index (χ3v) is 8.74. The summed E-state index contributed by atoms with van der Waals surface area (Å²) < 4.78 is 9.07. The van der Waals surface area contributed by atoms with Crippen molar-refractivity contribution in [1.29, 1.82) is 0 Å². The van der Waals surface area contributed by atoms with Gasteiger partial charge in [-0.2, -0.15) is 8.75 Å². The second-order valence-corrected chi connectivity index (χ2v) is 11.1. The molecule has 1 heterocycles. The largest absolute Gasteiger partial charge is 0.488 e. The Morgan fingerprint density at radius 1 is 0.730 bits per heavy atom. The minimum atomic E-state index is -1.46. The Balaban J connectivity index is 1.66. The van der Waals surface area contributed by atoms with Crippen molar-refractivity contribution < 1.29 is 10.0 Å². The molecule has 6 heteroatoms. The number of unbranched alkanes of at least 4 members (excludes halogenated alkanes) is 6. The van der Waals surface area contributed by atoms with Crippen LogP contribution in [0.2, 0.25) is 0 Å². The van der Waals surface area contributed by atoms with Gasteiger partial charge >= 0.3 is 7.12 Å². The summed E-state index contributed by atoms with van der Waals surface area (Å²) >= 11 is 1.27. The lowest BCUT2D eigenvalue weighted by molar-refractivity contribution is 0.400. The zero-order chi connectivity index (χ0) is 25.8. The van der Waals surface area contributed by atoms with Gasteiger partial charge in [0.2, 0.25) is 0 Å². The highest BCUT2D eigenvalue weighted by atomic mass is 32.1. The van der Waals surface area contributed by atoms with Gasteiger partial charge in [0.15, 0.2) is 0 Å². The van der Waals surface area contributed by atoms with Crippen LogP contribution in [0.3, 0.4) is 0 Å². The van der Waals surface area contributed by atoms with E-state index in [0.29, 0.717) is 5.46 Å². The predicted molar refractivity (Wildman–Crippen MR) is 156 cm³/mol. The van der Waals surface area contributed by atoms with E-state index in [0.717, 1.165) is 29.4 Å². The smallest absolute Gasteiger partial charge is 0.423 e. The Morgan fingerprint density at radius 3 is 2.08 bits per heavy atom. The monoisotopic (exact) mass is 512 g/mol. The lowest BCUT2D eigenvalue weighted by Crippen LogP contribution is -2.32. The molecule has 0 atom stereocenters. The van der Waals surface area contributed by atoms with Crippen LogP contribution in [-0.2, 0) is 5.41 Å². The lowest BCUT2D eigenvalue weighted by atomic mass is 9.68. The Bertz CT molecular complexity index is 1350. The molecule has 0 amide bonds. The van der Waals surface area contributed by atoms with Crippen LogP contribution < -0.4 is 5.46 Å². The van der Waals surface area contributed by atoms with Crippen LogP contribution in [0.1, 0.15) is 89.2 Å². The zero-order valence-corrected chi connectivity index (χ0v) is 22.9. The van der Waals surface area contributed by atoms with Crippen LogP contribution in [0.25, 0.3) is 33.3 Å². The Hall–Kier alpha value is -2.54. The second-order valence-electron chi connectivity index (χ2n) is 10.6. The molecule has 5 rings (SSSR count). The lowest BCUT2D eigenvalue weighted by Gasteiger charge is -2.33. The molecule has 1 aromatic heterocycles. The molecule has 1 aliphatic rings. The molecule has 0 spiro atoms. The summed E-state index contributed by atoms with van der Waals surface area (Å²) in [6.45, 7) is 4.52. The third kappa shape index (κ3) is 4.99. The van der Waals surface area contributed by atoms with Crippen molar-refractivity contribution in [2.24, 2.45) is 0 Å². The molecule has 4 aromatic rings. The topological polar surface area (TPSA) is 66.2 Å². The van der Waals surface area contributed by atoms with Gasteiger partial charge in [-0.05, 0) is 58.3 Å². The minimum absolute atomic E-state index is 0.124. The first-order valence-electron chi connectivity index (χ1n) is 14.0. The molecule has 3 aromatic carbocycles. The van der Waals surface area contributed by atoms with Crippen LogP contribution in [0.4, 0.5) is 0 Å². The van der Waals surface area contributed by atoms with E-state index in [9.17, 15) is 10.0 Å². The number of hydrogen-bond acceptors (Lipinski definition) is 5. The zero-order valence-electron chi connectivity index (χ0n) is 22.0. The molecular formula is C31H37BN2O2S. The molecular weight excluding hydrogens is 475 g/mol. The number of fused-ring (bicyclic) bond motifs is 4. The van der Waals surface area contributed by atoms with Gasteiger partial charge in [-0.15, -0.1) is 0 Å². The highest BCUT2D eigenvalue weighted by Crippen LogP contribution is 2.55. The molecule has 1 aliphatic carbocycles. The summed E-state index contributed by atoms with van der Waals surface area (Å²) in [4.78, 5) is 0. The first kappa shape index (κ1) is 26.1. The maximum absolute atomic E-state index is 10.1. The number of hydrogen-bond donors (Lipinski definition) is 2. The summed E-state index contributed by atoms with van der Waals surface area (Å²) in [7, 11) is -1.46. The highest BCUT2D eigenvalue weighted by molar-refractivity contribution is 7.00. The van der Waals surface area contributed by atoms with E-state index < -0.39 is 7.12 Å². The van der Waals surface area contributed by atoms with Gasteiger partial charge in [-0.25, -0.2) is 0 Å². The third-order valence-electron chi connectivity index (χ3n) is 8.19. The van der Waals surface area contributed by atoms with Crippen molar-refractivity contribution in [3.8, 4) is 22.3 Å². The summed E-state index contributed by atoms with van der Waals surface area (Å²) in [6.07, 6.45) is 11.9. The normalized spacial score (nSPS) is 13.6. The summed E-state index contributed by atoms with van der Waals surface area (Å²) in [6, 6.07) is 19.2. The molecule has 0 unspecified atom stereocenters. The molecule has 4 nitrogen and oxygen atoms in total. The van der Waals surface area contributed by atoms with Crippen LogP contribution in [-0.4, -0.2) is 25.9 Å². The van der Waals surface area contributed by atoms with Gasteiger partial charge in [-0.1, -0.05) is 108 Å². The summed E-state index contributed by atoms with van der Waals surface area (Å²) in [5.74, 6) is 0. The molecule has 37 heavy (non-hydrogen) atoms. The molecule has 0 saturated heterocycles. The van der Waals surface area contributed by atoms with Gasteiger partial charge in [0, 0.05) is 11.0 Å². The average molecular weight is 513 g/mol. The predicted octanol–water partition coefficient (Wildman–Crippen LogP) is 7.25. The Morgan fingerprint density at radius 2 is 1.41 bits per heavy atom. The van der Waals surface area contributed by atoms with E-state index in [1.807, 2.05) is 12.1 Å². The Kier molecular flexibility index (Phi) is 8.08. The maximum atomic E-state index is 10.1. The minimum Gasteiger partial charge on any atom is -0.423 e. The number of nitrogens with zero attached hydrogens (tertiary/aromatic N) is 2. The number of rotatable bonds is 12. The molecule has 0 bridgehead atoms. The van der Waals surface area contributed by atoms with E-state index in [-0.39, 0.29) is 5.41 Å². The fraction of sp³-hybridized carbons (Fsp3) is 0.419. The van der Waals surface area contributed by atoms with E-state index in [4.69, 9.17) is 0 Å². The fourth-order valence-corrected chi connectivity index (χ4v) is 6.80. The van der Waals surface area contributed by atoms with Crippen molar-refractivity contribution >= 4 is 35.3 Å². The van der Waals surface area contributed by atoms with Crippen LogP contribution >= 0.6 is 11.7 Å². The van der Waals surface area contributed by atoms with Crippen molar-refractivity contribution in [1.82, 2.24) is 8.75 Å². The van der Waals surface area contributed by atoms with E-state index >= 15 is 0 Å². The van der Waals surface area contributed by atoms with Gasteiger partial charge < -0.3 is 10.0 Å². The molecule has 0 saturated carbocycles. The second kappa shape index (κ2) is 11.5. The number of aromatic nitrogens is 2. The quantitative estimate of drug-likeness (QED) is 0.155. The van der Waals surface area contributed by atoms with Gasteiger partial charge in [0.25, 0.3) is 0 Å². The maximum Gasteiger partial charge on any atom is 0.488 e. The van der Waals surface area contributed by atoms with Crippen molar-refractivity contribution in [2.45, 2.75) is 83.5 Å². The van der Waals surface area contributed by atoms with Gasteiger partial charge in [-0.3, -0.25) is 0 Å². The fourth-order valence-electron chi connectivity index (χ4n) is 6.25. The SMILES string of the molecule is CCCCCCC1(CCCCCC)c2cc(B(O)O)ccc2-c2ccc(-c3cccc4nsnc34)cc21. The molecule has 0 aliphatic heterocycles. The first-order chi connectivity index (χ1) is 18.1. The number of benzene rings is 3. The highest BCUT2D eigenvalue weighted by Gasteiger charge is 2.43.